The van der Waals surface area contributed by atoms with Gasteiger partial charge < -0.3 is 0 Å². The molecule has 4 nitrogen and oxygen atoms in total. The van der Waals surface area contributed by atoms with Crippen LogP contribution in [0.25, 0.3) is 0 Å². The highest BCUT2D eigenvalue weighted by molar-refractivity contribution is 7.06. The number of rotatable bonds is 3. The summed E-state index contributed by atoms with van der Waals surface area (Å²) in [5, 5.41) is 11.4. The Morgan fingerprint density at radius 3 is 2.73 bits per heavy atom. The number of nitrogens with zero attached hydrogens (tertiary/aromatic N) is 2. The lowest BCUT2D eigenvalue weighted by Gasteiger charge is -2.00. The molecule has 5 heteroatoms. The third kappa shape index (κ3) is 2.19. The molecule has 15 heavy (non-hydrogen) atoms. The predicted octanol–water partition coefficient (Wildman–Crippen LogP) is 1.31. The van der Waals surface area contributed by atoms with Crippen LogP contribution < -0.4 is 4.80 Å². The molecule has 76 valence electrons. The molecule has 0 saturated heterocycles. The molecule has 0 atom stereocenters. The smallest absolute Gasteiger partial charge is 0.200 e. The Balaban J connectivity index is 2.18. The third-order valence-electron chi connectivity index (χ3n) is 1.97. The number of hydrogen-bond acceptors (Lipinski definition) is 4. The fourth-order valence-electron chi connectivity index (χ4n) is 1.21. The third-order valence-corrected chi connectivity index (χ3v) is 2.61. The molecule has 0 unspecified atom stereocenters. The maximum Gasteiger partial charge on any atom is 0.200 e. The second-order valence-corrected chi connectivity index (χ2v) is 3.82. The largest absolute Gasteiger partial charge is 0.292 e. The van der Waals surface area contributed by atoms with Crippen LogP contribution in [0.1, 0.15) is 10.4 Å². The van der Waals surface area contributed by atoms with Crippen molar-refractivity contribution in [1.29, 1.82) is 5.41 Å². The Bertz CT molecular complexity index is 515. The maximum atomic E-state index is 11.7. The molecular weight excluding hydrogens is 210 g/mol. The Labute approximate surface area is 90.3 Å². The van der Waals surface area contributed by atoms with Gasteiger partial charge in [0.15, 0.2) is 10.6 Å². The van der Waals surface area contributed by atoms with Gasteiger partial charge in [0.1, 0.15) is 12.1 Å². The summed E-state index contributed by atoms with van der Waals surface area (Å²) in [4.78, 5) is 12.0. The number of carbonyl (C=O) groups excluding carboxylic acids is 1. The molecule has 0 spiro atoms. The summed E-state index contributed by atoms with van der Waals surface area (Å²) < 4.78 is 1.39. The zero-order chi connectivity index (χ0) is 10.7. The van der Waals surface area contributed by atoms with E-state index in [-0.39, 0.29) is 12.3 Å². The fraction of sp³-hybridized carbons (Fsp3) is 0.100. The number of Topliss-reactive ketones (excluding diaryl/α,β-unsaturated/α-hetero) is 1. The first-order valence-corrected chi connectivity index (χ1v) is 5.29. The number of aromatic nitrogens is 2. The van der Waals surface area contributed by atoms with E-state index in [2.05, 4.69) is 5.10 Å². The van der Waals surface area contributed by atoms with Crippen LogP contribution in [0.15, 0.2) is 35.8 Å². The molecule has 1 aromatic heterocycles. The number of hydrogen-bond donors (Lipinski definition) is 1. The average Bonchev–Trinajstić information content (AvgIpc) is 2.66. The van der Waals surface area contributed by atoms with E-state index in [1.165, 1.54) is 16.0 Å². The van der Waals surface area contributed by atoms with Crippen molar-refractivity contribution in [1.82, 2.24) is 9.78 Å². The van der Waals surface area contributed by atoms with Gasteiger partial charge >= 0.3 is 0 Å². The van der Waals surface area contributed by atoms with Gasteiger partial charge in [-0.15, -0.1) is 0 Å². The van der Waals surface area contributed by atoms with Gasteiger partial charge in [0, 0.05) is 5.56 Å². The highest BCUT2D eigenvalue weighted by Crippen LogP contribution is 2.00. The van der Waals surface area contributed by atoms with Crippen LogP contribution in [0.2, 0.25) is 0 Å². The van der Waals surface area contributed by atoms with Crippen LogP contribution in [0.3, 0.4) is 0 Å². The topological polar surface area (TPSA) is 58.7 Å². The number of carbonyl (C=O) groups is 1. The van der Waals surface area contributed by atoms with E-state index in [0.717, 1.165) is 0 Å². The summed E-state index contributed by atoms with van der Waals surface area (Å²) in [5.74, 6) is -0.0278. The molecule has 1 aromatic carbocycles. The maximum absolute atomic E-state index is 11.7. The van der Waals surface area contributed by atoms with Crippen molar-refractivity contribution >= 4 is 17.1 Å². The highest BCUT2D eigenvalue weighted by atomic mass is 32.1. The number of benzene rings is 1. The number of nitrogens with one attached hydrogen (secondary N) is 1. The van der Waals surface area contributed by atoms with Crippen LogP contribution in [-0.4, -0.2) is 15.6 Å². The quantitative estimate of drug-likeness (QED) is 0.791. The van der Waals surface area contributed by atoms with E-state index in [1.54, 1.807) is 17.6 Å². The normalized spacial score (nSPS) is 10.1. The molecule has 0 aliphatic carbocycles. The Morgan fingerprint density at radius 2 is 2.13 bits per heavy atom. The van der Waals surface area contributed by atoms with E-state index >= 15 is 0 Å². The van der Waals surface area contributed by atoms with Crippen LogP contribution in [0.5, 0.6) is 0 Å². The van der Waals surface area contributed by atoms with Gasteiger partial charge in [0.05, 0.1) is 0 Å². The summed E-state index contributed by atoms with van der Waals surface area (Å²) in [6.45, 7) is 0.131. The zero-order valence-electron chi connectivity index (χ0n) is 7.88. The van der Waals surface area contributed by atoms with Crippen molar-refractivity contribution in [2.45, 2.75) is 6.54 Å². The van der Waals surface area contributed by atoms with Crippen molar-refractivity contribution in [3.05, 3.63) is 46.2 Å². The van der Waals surface area contributed by atoms with Gasteiger partial charge in [-0.25, -0.2) is 4.68 Å². The van der Waals surface area contributed by atoms with Crippen molar-refractivity contribution in [3.8, 4) is 0 Å². The lowest BCUT2D eigenvalue weighted by Crippen LogP contribution is -2.20. The molecule has 0 amide bonds. The van der Waals surface area contributed by atoms with Crippen LogP contribution >= 0.6 is 11.3 Å². The van der Waals surface area contributed by atoms with E-state index in [1.807, 2.05) is 18.2 Å². The van der Waals surface area contributed by atoms with Crippen molar-refractivity contribution in [3.63, 3.8) is 0 Å². The highest BCUT2D eigenvalue weighted by Gasteiger charge is 2.06. The van der Waals surface area contributed by atoms with Crippen molar-refractivity contribution < 1.29 is 4.79 Å². The molecule has 1 heterocycles. The van der Waals surface area contributed by atoms with Crippen LogP contribution in [-0.2, 0) is 6.54 Å². The van der Waals surface area contributed by atoms with E-state index < -0.39 is 0 Å². The first-order chi connectivity index (χ1) is 7.27. The van der Waals surface area contributed by atoms with Gasteiger partial charge in [0.2, 0.25) is 0 Å². The molecule has 0 radical (unpaired) electrons. The molecule has 0 bridgehead atoms. The lowest BCUT2D eigenvalue weighted by molar-refractivity contribution is 0.0966. The summed E-state index contributed by atoms with van der Waals surface area (Å²) in [6, 6.07) is 9.03. The van der Waals surface area contributed by atoms with Gasteiger partial charge in [-0.1, -0.05) is 41.7 Å². The molecule has 2 aromatic rings. The molecule has 0 fully saturated rings. The SMILES string of the molecule is N=c1scnn1CC(=O)c1ccccc1. The average molecular weight is 219 g/mol. The van der Waals surface area contributed by atoms with Gasteiger partial charge in [-0.2, -0.15) is 5.10 Å². The van der Waals surface area contributed by atoms with E-state index in [0.29, 0.717) is 10.4 Å². The second-order valence-electron chi connectivity index (χ2n) is 2.99. The van der Waals surface area contributed by atoms with Crippen molar-refractivity contribution in [2.75, 3.05) is 0 Å². The molecule has 1 N–H and O–H groups in total. The standard InChI is InChI=1S/C10H9N3OS/c11-10-13(12-7-15-10)6-9(14)8-4-2-1-3-5-8/h1-5,7,11H,6H2. The molecule has 0 aliphatic heterocycles. The monoisotopic (exact) mass is 219 g/mol. The van der Waals surface area contributed by atoms with Crippen LogP contribution in [0, 0.1) is 5.41 Å². The zero-order valence-corrected chi connectivity index (χ0v) is 8.70. The summed E-state index contributed by atoms with van der Waals surface area (Å²) >= 11 is 1.21. The second kappa shape index (κ2) is 4.18. The minimum atomic E-state index is -0.0278. The van der Waals surface area contributed by atoms with Gasteiger partial charge in [-0.3, -0.25) is 10.2 Å². The fourth-order valence-corrected chi connectivity index (χ4v) is 1.70. The summed E-state index contributed by atoms with van der Waals surface area (Å²) in [7, 11) is 0. The lowest BCUT2D eigenvalue weighted by atomic mass is 10.1. The van der Waals surface area contributed by atoms with E-state index in [4.69, 9.17) is 5.41 Å². The predicted molar refractivity (Wildman–Crippen MR) is 56.7 cm³/mol. The molecule has 0 saturated carbocycles. The minimum absolute atomic E-state index is 0.0278. The van der Waals surface area contributed by atoms with E-state index in [9.17, 15) is 4.79 Å². The summed E-state index contributed by atoms with van der Waals surface area (Å²) in [5.41, 5.74) is 2.21. The first-order valence-electron chi connectivity index (χ1n) is 4.41. The Kier molecular flexibility index (Phi) is 2.73. The van der Waals surface area contributed by atoms with Crippen molar-refractivity contribution in [2.24, 2.45) is 0 Å². The molecule has 2 rings (SSSR count). The van der Waals surface area contributed by atoms with Gasteiger partial charge in [0.25, 0.3) is 0 Å². The van der Waals surface area contributed by atoms with Crippen LogP contribution in [0.4, 0.5) is 0 Å². The minimum Gasteiger partial charge on any atom is -0.292 e. The Morgan fingerprint density at radius 1 is 1.40 bits per heavy atom. The van der Waals surface area contributed by atoms with Gasteiger partial charge in [-0.05, 0) is 0 Å². The molecule has 0 aliphatic rings. The Hall–Kier alpha value is -1.75. The first kappa shape index (κ1) is 9.79. The summed E-state index contributed by atoms with van der Waals surface area (Å²) in [6.07, 6.45) is 0. The molecular formula is C10H9N3OS. The number of ketones is 1.